The molecule has 2 aliphatic carbocycles. The average molecular weight is 196 g/mol. The summed E-state index contributed by atoms with van der Waals surface area (Å²) in [5, 5.41) is 9.37. The zero-order chi connectivity index (χ0) is 10.2. The molecule has 1 N–H and O–H groups in total. The quantitative estimate of drug-likeness (QED) is 0.693. The maximum Gasteiger partial charge on any atom is 0.336 e. The molecule has 4 atom stereocenters. The second-order valence-corrected chi connectivity index (χ2v) is 5.61. The molecule has 0 radical (unpaired) electrons. The first kappa shape index (κ1) is 8.72. The van der Waals surface area contributed by atoms with Crippen molar-refractivity contribution in [2.24, 2.45) is 16.7 Å². The standard InChI is InChI=1S/C11H16O3/c1-9-6-14-11(8(12)13)5-7(9)3-4-10(9,11)2/h7H,3-6H2,1-2H3,(H,12,13)/t7-,9+,10-,11+/m0/s1. The van der Waals surface area contributed by atoms with Crippen molar-refractivity contribution < 1.29 is 14.6 Å². The lowest BCUT2D eigenvalue weighted by Crippen LogP contribution is -2.49. The smallest absolute Gasteiger partial charge is 0.336 e. The topological polar surface area (TPSA) is 46.5 Å². The first-order chi connectivity index (χ1) is 6.46. The lowest BCUT2D eigenvalue weighted by Gasteiger charge is -2.37. The number of rotatable bonds is 1. The van der Waals surface area contributed by atoms with E-state index in [2.05, 4.69) is 13.8 Å². The van der Waals surface area contributed by atoms with Crippen LogP contribution in [0, 0.1) is 16.7 Å². The minimum atomic E-state index is -0.856. The summed E-state index contributed by atoms with van der Waals surface area (Å²) >= 11 is 0. The van der Waals surface area contributed by atoms with Gasteiger partial charge >= 0.3 is 5.97 Å². The van der Waals surface area contributed by atoms with E-state index in [9.17, 15) is 9.90 Å². The van der Waals surface area contributed by atoms with E-state index in [1.165, 1.54) is 6.42 Å². The number of ether oxygens (including phenoxy) is 1. The van der Waals surface area contributed by atoms with Crippen LogP contribution < -0.4 is 0 Å². The number of aliphatic carboxylic acids is 1. The van der Waals surface area contributed by atoms with Gasteiger partial charge in [0.05, 0.1) is 6.61 Å². The Morgan fingerprint density at radius 3 is 2.64 bits per heavy atom. The molecule has 0 unspecified atom stereocenters. The highest BCUT2D eigenvalue weighted by Gasteiger charge is 2.78. The third-order valence-electron chi connectivity index (χ3n) is 5.54. The Balaban J connectivity index is 2.18. The summed E-state index contributed by atoms with van der Waals surface area (Å²) < 4.78 is 5.64. The van der Waals surface area contributed by atoms with Crippen molar-refractivity contribution in [3.05, 3.63) is 0 Å². The van der Waals surface area contributed by atoms with Crippen LogP contribution in [0.4, 0.5) is 0 Å². The van der Waals surface area contributed by atoms with Crippen LogP contribution in [-0.2, 0) is 9.53 Å². The SMILES string of the molecule is C[C@@]12CC[C@H]3C[C@]1(C(=O)O)OC[C@]32C. The maximum absolute atomic E-state index is 11.4. The van der Waals surface area contributed by atoms with Gasteiger partial charge in [0.1, 0.15) is 0 Å². The Morgan fingerprint density at radius 1 is 1.50 bits per heavy atom. The largest absolute Gasteiger partial charge is 0.479 e. The van der Waals surface area contributed by atoms with Crippen molar-refractivity contribution in [2.45, 2.75) is 38.7 Å². The van der Waals surface area contributed by atoms with Crippen LogP contribution in [0.2, 0.25) is 0 Å². The zero-order valence-electron chi connectivity index (χ0n) is 8.67. The van der Waals surface area contributed by atoms with Gasteiger partial charge in [0.2, 0.25) is 0 Å². The van der Waals surface area contributed by atoms with Gasteiger partial charge < -0.3 is 9.84 Å². The Hall–Kier alpha value is -0.570. The minimum absolute atomic E-state index is 0.116. The van der Waals surface area contributed by atoms with Gasteiger partial charge in [0.25, 0.3) is 0 Å². The Kier molecular flexibility index (Phi) is 1.25. The zero-order valence-corrected chi connectivity index (χ0v) is 8.67. The lowest BCUT2D eigenvalue weighted by molar-refractivity contribution is -0.174. The van der Waals surface area contributed by atoms with E-state index >= 15 is 0 Å². The van der Waals surface area contributed by atoms with Gasteiger partial charge in [-0.25, -0.2) is 4.79 Å². The molecule has 3 nitrogen and oxygen atoms in total. The minimum Gasteiger partial charge on any atom is -0.479 e. The highest BCUT2D eigenvalue weighted by atomic mass is 16.5. The number of hydrogen-bond donors (Lipinski definition) is 1. The van der Waals surface area contributed by atoms with Crippen LogP contribution >= 0.6 is 0 Å². The fourth-order valence-corrected chi connectivity index (χ4v) is 4.23. The highest BCUT2D eigenvalue weighted by Crippen LogP contribution is 2.74. The van der Waals surface area contributed by atoms with Crippen LogP contribution in [0.5, 0.6) is 0 Å². The van der Waals surface area contributed by atoms with Gasteiger partial charge in [-0.05, 0) is 25.2 Å². The Bertz CT molecular complexity index is 326. The second kappa shape index (κ2) is 2.01. The predicted octanol–water partition coefficient (Wildman–Crippen LogP) is 1.67. The average Bonchev–Trinajstić information content (AvgIpc) is 2.58. The summed E-state index contributed by atoms with van der Waals surface area (Å²) in [4.78, 5) is 11.4. The summed E-state index contributed by atoms with van der Waals surface area (Å²) in [6, 6.07) is 0. The van der Waals surface area contributed by atoms with Crippen molar-refractivity contribution in [3.8, 4) is 0 Å². The van der Waals surface area contributed by atoms with Crippen LogP contribution in [-0.4, -0.2) is 23.3 Å². The van der Waals surface area contributed by atoms with E-state index in [4.69, 9.17) is 4.74 Å². The summed E-state index contributed by atoms with van der Waals surface area (Å²) in [5.41, 5.74) is -0.868. The molecule has 0 aromatic carbocycles. The Labute approximate surface area is 83.4 Å². The number of carboxylic acids is 1. The summed E-state index contributed by atoms with van der Waals surface area (Å²) in [5.74, 6) is -0.178. The highest BCUT2D eigenvalue weighted by molar-refractivity contribution is 5.81. The van der Waals surface area contributed by atoms with E-state index in [0.29, 0.717) is 12.5 Å². The molecule has 2 saturated carbocycles. The fraction of sp³-hybridized carbons (Fsp3) is 0.909. The van der Waals surface area contributed by atoms with Gasteiger partial charge in [0, 0.05) is 10.8 Å². The molecular weight excluding hydrogens is 180 g/mol. The van der Waals surface area contributed by atoms with Crippen molar-refractivity contribution in [2.75, 3.05) is 6.61 Å². The molecular formula is C11H16O3. The monoisotopic (exact) mass is 196 g/mol. The first-order valence-corrected chi connectivity index (χ1v) is 5.34. The fourth-order valence-electron chi connectivity index (χ4n) is 4.23. The van der Waals surface area contributed by atoms with Crippen LogP contribution in [0.1, 0.15) is 33.1 Å². The molecule has 3 heteroatoms. The number of carboxylic acid groups (broad SMARTS) is 1. The number of hydrogen-bond acceptors (Lipinski definition) is 2. The second-order valence-electron chi connectivity index (χ2n) is 5.61. The molecule has 0 amide bonds. The van der Waals surface area contributed by atoms with Gasteiger partial charge in [-0.2, -0.15) is 0 Å². The molecule has 78 valence electrons. The van der Waals surface area contributed by atoms with Gasteiger partial charge in [0.15, 0.2) is 5.60 Å². The van der Waals surface area contributed by atoms with E-state index in [0.717, 1.165) is 12.8 Å². The van der Waals surface area contributed by atoms with E-state index in [1.807, 2.05) is 0 Å². The molecule has 1 heterocycles. The van der Waals surface area contributed by atoms with Gasteiger partial charge in [-0.1, -0.05) is 13.8 Å². The molecule has 0 spiro atoms. The van der Waals surface area contributed by atoms with Crippen molar-refractivity contribution >= 4 is 5.97 Å². The molecule has 0 aromatic rings. The van der Waals surface area contributed by atoms with Gasteiger partial charge in [-0.15, -0.1) is 0 Å². The van der Waals surface area contributed by atoms with Crippen molar-refractivity contribution in [3.63, 3.8) is 0 Å². The first-order valence-electron chi connectivity index (χ1n) is 5.34. The molecule has 0 aromatic heterocycles. The molecule has 1 saturated heterocycles. The summed E-state index contributed by atoms with van der Waals surface area (Å²) in [6.07, 6.45) is 2.93. The molecule has 3 aliphatic rings. The van der Waals surface area contributed by atoms with Crippen LogP contribution in [0.3, 0.4) is 0 Å². The normalized spacial score (nSPS) is 59.4. The number of carbonyl (C=O) groups is 1. The molecule has 14 heavy (non-hydrogen) atoms. The molecule has 4 bridgehead atoms. The molecule has 3 fully saturated rings. The van der Waals surface area contributed by atoms with Crippen molar-refractivity contribution in [1.29, 1.82) is 0 Å². The maximum atomic E-state index is 11.4. The van der Waals surface area contributed by atoms with Crippen molar-refractivity contribution in [1.82, 2.24) is 0 Å². The van der Waals surface area contributed by atoms with E-state index in [-0.39, 0.29) is 10.8 Å². The Morgan fingerprint density at radius 2 is 2.21 bits per heavy atom. The summed E-state index contributed by atoms with van der Waals surface area (Å²) in [6.45, 7) is 4.96. The third-order valence-corrected chi connectivity index (χ3v) is 5.54. The molecule has 1 aliphatic heterocycles. The van der Waals surface area contributed by atoms with Gasteiger partial charge in [-0.3, -0.25) is 0 Å². The van der Waals surface area contributed by atoms with E-state index < -0.39 is 11.6 Å². The lowest BCUT2D eigenvalue weighted by atomic mass is 9.66. The third kappa shape index (κ3) is 0.553. The van der Waals surface area contributed by atoms with Crippen LogP contribution in [0.25, 0.3) is 0 Å². The molecule has 3 rings (SSSR count). The van der Waals surface area contributed by atoms with Crippen LogP contribution in [0.15, 0.2) is 0 Å². The summed E-state index contributed by atoms with van der Waals surface area (Å²) in [7, 11) is 0. The predicted molar refractivity (Wildman–Crippen MR) is 49.9 cm³/mol. The van der Waals surface area contributed by atoms with E-state index in [1.54, 1.807) is 0 Å².